The zero-order valence-corrected chi connectivity index (χ0v) is 17.9. The van der Waals surface area contributed by atoms with E-state index < -0.39 is 17.0 Å². The summed E-state index contributed by atoms with van der Waals surface area (Å²) in [6.07, 6.45) is -0.579. The van der Waals surface area contributed by atoms with Crippen molar-refractivity contribution < 1.29 is 18.2 Å². The van der Waals surface area contributed by atoms with E-state index in [1.807, 2.05) is 24.3 Å². The van der Waals surface area contributed by atoms with Gasteiger partial charge in [-0.25, -0.2) is 4.21 Å². The molecule has 2 unspecified atom stereocenters. The maximum atomic E-state index is 11.3. The summed E-state index contributed by atoms with van der Waals surface area (Å²) >= 11 is 5.95. The van der Waals surface area contributed by atoms with Crippen LogP contribution in [0.2, 0.25) is 5.02 Å². The molecule has 1 fully saturated rings. The molecule has 9 heteroatoms. The van der Waals surface area contributed by atoms with E-state index in [0.29, 0.717) is 18.0 Å². The normalized spacial score (nSPS) is 17.3. The molecule has 0 saturated carbocycles. The standard InChI is InChI=1S/C20H26ClN3O4S/c1-27-29(26)22-17-4-8-20(9-5-17)28-15-19(25)14-23-10-12-24(13-11-23)18-6-2-16(21)3-7-18/h2-9,19,25,29H,10-15H2,1H3. The third-order valence-electron chi connectivity index (χ3n) is 4.67. The average molecular weight is 440 g/mol. The lowest BCUT2D eigenvalue weighted by Gasteiger charge is -2.36. The van der Waals surface area contributed by atoms with E-state index in [4.69, 9.17) is 16.3 Å². The fraction of sp³-hybridized carbons (Fsp3) is 0.400. The first-order valence-electron chi connectivity index (χ1n) is 9.40. The first-order chi connectivity index (χ1) is 14.0. The number of halogens is 1. The third kappa shape index (κ3) is 6.87. The van der Waals surface area contributed by atoms with E-state index in [1.165, 1.54) is 12.8 Å². The number of thiol groups is 1. The van der Waals surface area contributed by atoms with Crippen LogP contribution in [0.3, 0.4) is 0 Å². The van der Waals surface area contributed by atoms with Crippen molar-refractivity contribution >= 4 is 33.9 Å². The van der Waals surface area contributed by atoms with Crippen molar-refractivity contribution in [3.63, 3.8) is 0 Å². The van der Waals surface area contributed by atoms with Crippen molar-refractivity contribution in [1.29, 1.82) is 0 Å². The Bertz CT molecular complexity index is 849. The molecule has 2 atom stereocenters. The van der Waals surface area contributed by atoms with Crippen LogP contribution in [0, 0.1) is 0 Å². The largest absolute Gasteiger partial charge is 0.491 e. The van der Waals surface area contributed by atoms with Crippen LogP contribution in [0.5, 0.6) is 5.75 Å². The number of aliphatic hydroxyl groups is 1. The number of ether oxygens (including phenoxy) is 1. The Kier molecular flexibility index (Phi) is 8.14. The van der Waals surface area contributed by atoms with Crippen molar-refractivity contribution in [3.05, 3.63) is 53.6 Å². The number of anilines is 1. The summed E-state index contributed by atoms with van der Waals surface area (Å²) in [7, 11) is -0.687. The molecule has 1 aliphatic heterocycles. The molecule has 2 aromatic carbocycles. The average Bonchev–Trinajstić information content (AvgIpc) is 2.74. The van der Waals surface area contributed by atoms with Gasteiger partial charge in [0.2, 0.25) is 0 Å². The Balaban J connectivity index is 1.40. The number of aliphatic hydroxyl groups excluding tert-OH is 1. The molecule has 0 amide bonds. The summed E-state index contributed by atoms with van der Waals surface area (Å²) in [4.78, 5) is 4.56. The van der Waals surface area contributed by atoms with Crippen LogP contribution in [0.15, 0.2) is 52.9 Å². The predicted octanol–water partition coefficient (Wildman–Crippen LogP) is 2.76. The van der Waals surface area contributed by atoms with Gasteiger partial charge in [-0.15, -0.1) is 0 Å². The number of benzene rings is 2. The second kappa shape index (κ2) is 10.8. The lowest BCUT2D eigenvalue weighted by atomic mass is 10.2. The van der Waals surface area contributed by atoms with Gasteiger partial charge in [-0.1, -0.05) is 11.6 Å². The van der Waals surface area contributed by atoms with E-state index in [1.54, 1.807) is 24.3 Å². The van der Waals surface area contributed by atoms with Gasteiger partial charge < -0.3 is 14.7 Å². The van der Waals surface area contributed by atoms with Gasteiger partial charge in [-0.3, -0.25) is 9.08 Å². The van der Waals surface area contributed by atoms with Gasteiger partial charge >= 0.3 is 0 Å². The minimum atomic E-state index is -2.03. The molecular formula is C20H26ClN3O4S. The van der Waals surface area contributed by atoms with Crippen LogP contribution in [0.1, 0.15) is 0 Å². The smallest absolute Gasteiger partial charge is 0.156 e. The van der Waals surface area contributed by atoms with Crippen LogP contribution in [-0.2, 0) is 15.1 Å². The van der Waals surface area contributed by atoms with Gasteiger partial charge in [0.15, 0.2) is 10.9 Å². The van der Waals surface area contributed by atoms with Crippen molar-refractivity contribution in [2.24, 2.45) is 4.36 Å². The van der Waals surface area contributed by atoms with Gasteiger partial charge in [-0.05, 0) is 48.5 Å². The molecule has 0 bridgehead atoms. The Morgan fingerprint density at radius 2 is 1.76 bits per heavy atom. The Morgan fingerprint density at radius 1 is 1.10 bits per heavy atom. The van der Waals surface area contributed by atoms with E-state index in [0.717, 1.165) is 31.2 Å². The summed E-state index contributed by atoms with van der Waals surface area (Å²) in [6, 6.07) is 14.7. The molecule has 1 N–H and O–H groups in total. The first kappa shape index (κ1) is 21.9. The number of nitrogens with zero attached hydrogens (tertiary/aromatic N) is 3. The highest BCUT2D eigenvalue weighted by molar-refractivity contribution is 7.69. The molecule has 1 saturated heterocycles. The zero-order valence-electron chi connectivity index (χ0n) is 16.3. The second-order valence-corrected chi connectivity index (χ2v) is 8.22. The monoisotopic (exact) mass is 439 g/mol. The zero-order chi connectivity index (χ0) is 20.6. The summed E-state index contributed by atoms with van der Waals surface area (Å²) in [5, 5.41) is 11.1. The van der Waals surface area contributed by atoms with Crippen molar-refractivity contribution in [2.75, 3.05) is 51.3 Å². The van der Waals surface area contributed by atoms with E-state index in [9.17, 15) is 9.32 Å². The fourth-order valence-corrected chi connectivity index (χ4v) is 3.66. The quantitative estimate of drug-likeness (QED) is 0.616. The van der Waals surface area contributed by atoms with Crippen molar-refractivity contribution in [1.82, 2.24) is 4.90 Å². The maximum absolute atomic E-state index is 11.3. The molecule has 0 spiro atoms. The highest BCUT2D eigenvalue weighted by atomic mass is 35.5. The topological polar surface area (TPSA) is 74.6 Å². The summed E-state index contributed by atoms with van der Waals surface area (Å²) in [5.74, 6) is 0.628. The van der Waals surface area contributed by atoms with Crippen LogP contribution in [0.25, 0.3) is 0 Å². The number of hydrogen-bond acceptors (Lipinski definition) is 7. The van der Waals surface area contributed by atoms with Crippen molar-refractivity contribution in [3.8, 4) is 5.75 Å². The van der Waals surface area contributed by atoms with Gasteiger partial charge in [0.05, 0.1) is 12.8 Å². The molecule has 1 aliphatic rings. The number of hydrogen-bond donors (Lipinski definition) is 2. The molecule has 0 aliphatic carbocycles. The number of piperazine rings is 1. The summed E-state index contributed by atoms with van der Waals surface area (Å²) in [6.45, 7) is 4.35. The number of rotatable bonds is 8. The Hall–Kier alpha value is -1.84. The van der Waals surface area contributed by atoms with Crippen LogP contribution >= 0.6 is 11.6 Å². The minimum Gasteiger partial charge on any atom is -0.491 e. The number of β-amino-alcohol motifs (C(OH)–C–C–N with tert-alkyl or cyclic N) is 1. The maximum Gasteiger partial charge on any atom is 0.156 e. The predicted molar refractivity (Wildman–Crippen MR) is 117 cm³/mol. The molecule has 29 heavy (non-hydrogen) atoms. The highest BCUT2D eigenvalue weighted by Crippen LogP contribution is 2.20. The third-order valence-corrected chi connectivity index (χ3v) is 5.62. The lowest BCUT2D eigenvalue weighted by molar-refractivity contribution is 0.0663. The lowest BCUT2D eigenvalue weighted by Crippen LogP contribution is -2.49. The van der Waals surface area contributed by atoms with Crippen LogP contribution < -0.4 is 9.64 Å². The van der Waals surface area contributed by atoms with E-state index in [-0.39, 0.29) is 6.61 Å². The Morgan fingerprint density at radius 3 is 2.38 bits per heavy atom. The molecule has 3 rings (SSSR count). The van der Waals surface area contributed by atoms with Crippen LogP contribution in [0.4, 0.5) is 11.4 Å². The molecule has 0 aromatic heterocycles. The molecule has 158 valence electrons. The second-order valence-electron chi connectivity index (χ2n) is 6.74. The van der Waals surface area contributed by atoms with Gasteiger partial charge in [0.25, 0.3) is 0 Å². The molecule has 2 aromatic rings. The summed E-state index contributed by atoms with van der Waals surface area (Å²) < 4.78 is 25.4. The molecular weight excluding hydrogens is 414 g/mol. The van der Waals surface area contributed by atoms with Crippen LogP contribution in [-0.4, -0.2) is 66.8 Å². The molecule has 1 heterocycles. The Labute approximate surface area is 178 Å². The highest BCUT2D eigenvalue weighted by Gasteiger charge is 2.19. The summed E-state index contributed by atoms with van der Waals surface area (Å²) in [5.41, 5.74) is 1.72. The first-order valence-corrected chi connectivity index (χ1v) is 10.9. The van der Waals surface area contributed by atoms with Crippen molar-refractivity contribution in [2.45, 2.75) is 6.10 Å². The molecule has 0 radical (unpaired) electrons. The SMILES string of the molecule is CO[SH](=O)=Nc1ccc(OCC(O)CN2CCN(c3ccc(Cl)cc3)CC2)cc1. The minimum absolute atomic E-state index is 0.209. The molecule has 7 nitrogen and oxygen atoms in total. The van der Waals surface area contributed by atoms with E-state index in [2.05, 4.69) is 18.3 Å². The van der Waals surface area contributed by atoms with E-state index >= 15 is 0 Å². The van der Waals surface area contributed by atoms with Gasteiger partial charge in [-0.2, -0.15) is 4.36 Å². The van der Waals surface area contributed by atoms with Gasteiger partial charge in [0.1, 0.15) is 18.5 Å². The van der Waals surface area contributed by atoms with Gasteiger partial charge in [0, 0.05) is 43.4 Å². The fourth-order valence-electron chi connectivity index (χ4n) is 3.13.